The molecular formula is C20H27N7O3S. The van der Waals surface area contributed by atoms with Crippen molar-refractivity contribution >= 4 is 27.9 Å². The molecule has 1 fully saturated rings. The largest absolute Gasteiger partial charge is 0.379 e. The van der Waals surface area contributed by atoms with Crippen LogP contribution in [0.5, 0.6) is 0 Å². The molecule has 0 radical (unpaired) electrons. The molecule has 2 N–H and O–H groups in total. The van der Waals surface area contributed by atoms with Crippen LogP contribution >= 0.6 is 11.3 Å². The SMILES string of the molecule is CC[C@@H](COCCC(=O)N1CCN(c2cnc(C#N)s2)CC1)Nc1cn[nH]c(=O)c1C. The lowest BCUT2D eigenvalue weighted by molar-refractivity contribution is -0.132. The smallest absolute Gasteiger partial charge is 0.269 e. The number of aromatic amines is 1. The Morgan fingerprint density at radius 1 is 1.39 bits per heavy atom. The maximum Gasteiger partial charge on any atom is 0.269 e. The molecule has 0 unspecified atom stereocenters. The number of nitrogens with one attached hydrogen (secondary N) is 2. The summed E-state index contributed by atoms with van der Waals surface area (Å²) in [6.45, 7) is 7.31. The molecule has 1 saturated heterocycles. The maximum atomic E-state index is 12.5. The van der Waals surface area contributed by atoms with E-state index in [2.05, 4.69) is 31.5 Å². The molecule has 2 aromatic heterocycles. The van der Waals surface area contributed by atoms with E-state index in [1.807, 2.05) is 11.8 Å². The fraction of sp³-hybridized carbons (Fsp3) is 0.550. The minimum absolute atomic E-state index is 0.0265. The Balaban J connectivity index is 1.37. The number of thiazole rings is 1. The molecule has 0 aliphatic carbocycles. The number of piperazine rings is 1. The third-order valence-electron chi connectivity index (χ3n) is 5.27. The number of amides is 1. The molecule has 166 valence electrons. The first-order chi connectivity index (χ1) is 15.0. The van der Waals surface area contributed by atoms with Gasteiger partial charge >= 0.3 is 0 Å². The molecule has 3 heterocycles. The Hall–Kier alpha value is -2.97. The summed E-state index contributed by atoms with van der Waals surface area (Å²) in [5.74, 6) is 0.0808. The molecule has 0 saturated carbocycles. The molecule has 1 aliphatic rings. The third kappa shape index (κ3) is 6.02. The lowest BCUT2D eigenvalue weighted by Gasteiger charge is -2.35. The first kappa shape index (κ1) is 22.7. The van der Waals surface area contributed by atoms with E-state index in [0.717, 1.165) is 24.5 Å². The van der Waals surface area contributed by atoms with Gasteiger partial charge in [-0.3, -0.25) is 9.59 Å². The molecule has 0 bridgehead atoms. The highest BCUT2D eigenvalue weighted by Crippen LogP contribution is 2.24. The van der Waals surface area contributed by atoms with E-state index in [-0.39, 0.29) is 17.5 Å². The van der Waals surface area contributed by atoms with E-state index in [1.165, 1.54) is 11.3 Å². The number of carbonyl (C=O) groups is 1. The fourth-order valence-corrected chi connectivity index (χ4v) is 4.03. The van der Waals surface area contributed by atoms with Gasteiger partial charge in [-0.1, -0.05) is 18.3 Å². The van der Waals surface area contributed by atoms with Gasteiger partial charge in [-0.15, -0.1) is 0 Å². The van der Waals surface area contributed by atoms with E-state index in [4.69, 9.17) is 10.00 Å². The van der Waals surface area contributed by atoms with Gasteiger partial charge in [-0.25, -0.2) is 10.1 Å². The molecule has 0 aromatic carbocycles. The molecule has 1 atom stereocenters. The highest BCUT2D eigenvalue weighted by molar-refractivity contribution is 7.16. The molecule has 3 rings (SSSR count). The molecular weight excluding hydrogens is 418 g/mol. The zero-order chi connectivity index (χ0) is 22.2. The lowest BCUT2D eigenvalue weighted by atomic mass is 10.2. The summed E-state index contributed by atoms with van der Waals surface area (Å²) in [7, 11) is 0. The van der Waals surface area contributed by atoms with Gasteiger partial charge in [0.2, 0.25) is 5.91 Å². The number of carbonyl (C=O) groups excluding carboxylic acids is 1. The average Bonchev–Trinajstić information content (AvgIpc) is 3.28. The Labute approximate surface area is 184 Å². The summed E-state index contributed by atoms with van der Waals surface area (Å²) in [4.78, 5) is 32.2. The van der Waals surface area contributed by atoms with Crippen LogP contribution in [0.4, 0.5) is 10.7 Å². The normalized spacial score (nSPS) is 14.9. The fourth-order valence-electron chi connectivity index (χ4n) is 3.27. The predicted molar refractivity (Wildman–Crippen MR) is 118 cm³/mol. The second-order valence-corrected chi connectivity index (χ2v) is 8.30. The number of nitrogens with zero attached hydrogens (tertiary/aromatic N) is 5. The van der Waals surface area contributed by atoms with Gasteiger partial charge in [-0.05, 0) is 13.3 Å². The van der Waals surface area contributed by atoms with Crippen molar-refractivity contribution in [2.75, 3.05) is 49.6 Å². The molecule has 1 amide bonds. The summed E-state index contributed by atoms with van der Waals surface area (Å²) in [5.41, 5.74) is 1.06. The van der Waals surface area contributed by atoms with Crippen molar-refractivity contribution < 1.29 is 9.53 Å². The number of hydrogen-bond donors (Lipinski definition) is 2. The van der Waals surface area contributed by atoms with Crippen molar-refractivity contribution in [3.05, 3.63) is 33.3 Å². The van der Waals surface area contributed by atoms with Crippen LogP contribution in [0.2, 0.25) is 0 Å². The van der Waals surface area contributed by atoms with Crippen molar-refractivity contribution in [2.45, 2.75) is 32.7 Å². The number of H-pyrrole nitrogens is 1. The monoisotopic (exact) mass is 445 g/mol. The van der Waals surface area contributed by atoms with E-state index >= 15 is 0 Å². The highest BCUT2D eigenvalue weighted by Gasteiger charge is 2.22. The van der Waals surface area contributed by atoms with Gasteiger partial charge in [0, 0.05) is 37.8 Å². The summed E-state index contributed by atoms with van der Waals surface area (Å²) >= 11 is 1.37. The number of anilines is 2. The summed E-state index contributed by atoms with van der Waals surface area (Å²) < 4.78 is 5.73. The van der Waals surface area contributed by atoms with Gasteiger partial charge in [0.25, 0.3) is 5.56 Å². The van der Waals surface area contributed by atoms with Crippen LogP contribution in [-0.4, -0.2) is 71.4 Å². The van der Waals surface area contributed by atoms with Crippen molar-refractivity contribution in [1.82, 2.24) is 20.1 Å². The number of ether oxygens (including phenoxy) is 1. The van der Waals surface area contributed by atoms with E-state index in [9.17, 15) is 9.59 Å². The van der Waals surface area contributed by atoms with Gasteiger partial charge in [0.1, 0.15) is 11.1 Å². The first-order valence-electron chi connectivity index (χ1n) is 10.3. The van der Waals surface area contributed by atoms with E-state index < -0.39 is 0 Å². The quantitative estimate of drug-likeness (QED) is 0.554. The Morgan fingerprint density at radius 2 is 2.16 bits per heavy atom. The molecule has 1 aliphatic heterocycles. The summed E-state index contributed by atoms with van der Waals surface area (Å²) in [6, 6.07) is 2.08. The number of nitriles is 1. The minimum Gasteiger partial charge on any atom is -0.379 e. The molecule has 10 nitrogen and oxygen atoms in total. The van der Waals surface area contributed by atoms with Gasteiger partial charge < -0.3 is 19.9 Å². The highest BCUT2D eigenvalue weighted by atomic mass is 32.1. The molecule has 0 spiro atoms. The predicted octanol–water partition coefficient (Wildman–Crippen LogP) is 1.35. The Morgan fingerprint density at radius 3 is 2.84 bits per heavy atom. The van der Waals surface area contributed by atoms with Crippen LogP contribution in [-0.2, 0) is 9.53 Å². The van der Waals surface area contributed by atoms with Crippen LogP contribution < -0.4 is 15.8 Å². The number of hydrogen-bond acceptors (Lipinski definition) is 9. The van der Waals surface area contributed by atoms with Gasteiger partial charge in [0.05, 0.1) is 37.7 Å². The Bertz CT molecular complexity index is 976. The summed E-state index contributed by atoms with van der Waals surface area (Å²) in [6.07, 6.45) is 4.46. The van der Waals surface area contributed by atoms with Crippen LogP contribution in [0, 0.1) is 18.3 Å². The topological polar surface area (TPSA) is 127 Å². The molecule has 2 aromatic rings. The third-order valence-corrected chi connectivity index (χ3v) is 6.23. The van der Waals surface area contributed by atoms with Crippen molar-refractivity contribution in [3.63, 3.8) is 0 Å². The van der Waals surface area contributed by atoms with Crippen molar-refractivity contribution in [1.29, 1.82) is 5.26 Å². The van der Waals surface area contributed by atoms with Crippen LogP contribution in [0.1, 0.15) is 30.3 Å². The van der Waals surface area contributed by atoms with Crippen LogP contribution in [0.25, 0.3) is 0 Å². The van der Waals surface area contributed by atoms with Gasteiger partial charge in [0.15, 0.2) is 5.01 Å². The van der Waals surface area contributed by atoms with Crippen molar-refractivity contribution in [3.8, 4) is 6.07 Å². The maximum absolute atomic E-state index is 12.5. The van der Waals surface area contributed by atoms with E-state index in [0.29, 0.717) is 49.0 Å². The van der Waals surface area contributed by atoms with Crippen LogP contribution in [0.3, 0.4) is 0 Å². The molecule has 11 heteroatoms. The molecule has 31 heavy (non-hydrogen) atoms. The lowest BCUT2D eigenvalue weighted by Crippen LogP contribution is -2.48. The Kier molecular flexibility index (Phi) is 7.97. The second-order valence-electron chi connectivity index (χ2n) is 7.30. The summed E-state index contributed by atoms with van der Waals surface area (Å²) in [5, 5.41) is 19.8. The standard InChI is InChI=1S/C20H27N7O3S/c1-3-15(24-16-11-23-25-20(29)14(16)2)13-30-9-4-18(28)26-5-7-27(8-6-26)19-12-22-17(10-21)31-19/h11-12,15H,3-9,13H2,1-2H3,(H2,24,25,29)/t15-/m0/s1. The van der Waals surface area contributed by atoms with Crippen molar-refractivity contribution in [2.24, 2.45) is 0 Å². The van der Waals surface area contributed by atoms with Gasteiger partial charge in [-0.2, -0.15) is 10.4 Å². The van der Waals surface area contributed by atoms with Crippen LogP contribution in [0.15, 0.2) is 17.2 Å². The number of aromatic nitrogens is 3. The first-order valence-corrected chi connectivity index (χ1v) is 11.1. The zero-order valence-corrected chi connectivity index (χ0v) is 18.6. The second kappa shape index (κ2) is 10.9. The average molecular weight is 446 g/mol. The minimum atomic E-state index is -0.215. The number of rotatable bonds is 9. The van der Waals surface area contributed by atoms with E-state index in [1.54, 1.807) is 19.3 Å². The zero-order valence-electron chi connectivity index (χ0n) is 17.8.